The smallest absolute Gasteiger partial charge is 0.260 e. The molecule has 0 saturated carbocycles. The Bertz CT molecular complexity index is 726. The van der Waals surface area contributed by atoms with Gasteiger partial charge in [-0.15, -0.1) is 0 Å². The molecule has 6 nitrogen and oxygen atoms in total. The summed E-state index contributed by atoms with van der Waals surface area (Å²) in [4.78, 5) is 22.5. The van der Waals surface area contributed by atoms with Crippen LogP contribution in [0.3, 0.4) is 0 Å². The van der Waals surface area contributed by atoms with Crippen LogP contribution in [0.1, 0.15) is 17.6 Å². The van der Waals surface area contributed by atoms with Crippen molar-refractivity contribution in [3.05, 3.63) is 53.9 Å². The number of ether oxygens (including phenoxy) is 2. The van der Waals surface area contributed by atoms with Crippen molar-refractivity contribution >= 4 is 5.91 Å². The zero-order chi connectivity index (χ0) is 16.9. The van der Waals surface area contributed by atoms with E-state index in [0.717, 1.165) is 5.69 Å². The van der Waals surface area contributed by atoms with E-state index in [1.165, 1.54) is 12.1 Å². The molecule has 24 heavy (non-hydrogen) atoms. The van der Waals surface area contributed by atoms with Crippen molar-refractivity contribution in [2.75, 3.05) is 26.3 Å². The van der Waals surface area contributed by atoms with E-state index in [-0.39, 0.29) is 24.4 Å². The molecule has 1 aromatic heterocycles. The summed E-state index contributed by atoms with van der Waals surface area (Å²) in [6, 6.07) is 7.81. The summed E-state index contributed by atoms with van der Waals surface area (Å²) in [5, 5.41) is 0. The van der Waals surface area contributed by atoms with Gasteiger partial charge in [0.1, 0.15) is 6.10 Å². The average molecular weight is 331 g/mol. The number of amides is 1. The maximum Gasteiger partial charge on any atom is 0.260 e. The van der Waals surface area contributed by atoms with E-state index >= 15 is 0 Å². The molecule has 1 unspecified atom stereocenters. The number of para-hydroxylation sites is 1. The van der Waals surface area contributed by atoms with E-state index < -0.39 is 5.82 Å². The van der Waals surface area contributed by atoms with Crippen molar-refractivity contribution < 1.29 is 18.7 Å². The molecule has 7 heteroatoms. The van der Waals surface area contributed by atoms with E-state index in [1.54, 1.807) is 29.3 Å². The monoisotopic (exact) mass is 331 g/mol. The summed E-state index contributed by atoms with van der Waals surface area (Å²) in [6.45, 7) is 2.86. The number of aromatic nitrogens is 2. The molecule has 1 aliphatic rings. The lowest BCUT2D eigenvalue weighted by molar-refractivity contribution is -0.141. The second-order valence-corrected chi connectivity index (χ2v) is 5.47. The second-order valence-electron chi connectivity index (χ2n) is 5.47. The summed E-state index contributed by atoms with van der Waals surface area (Å²) in [7, 11) is 0. The minimum Gasteiger partial charge on any atom is -0.481 e. The minimum absolute atomic E-state index is 0.0673. The lowest BCUT2D eigenvalue weighted by Crippen LogP contribution is -2.44. The highest BCUT2D eigenvalue weighted by molar-refractivity contribution is 5.77. The number of benzene rings is 1. The van der Waals surface area contributed by atoms with E-state index in [0.29, 0.717) is 25.5 Å². The Morgan fingerprint density at radius 1 is 1.42 bits per heavy atom. The van der Waals surface area contributed by atoms with Gasteiger partial charge < -0.3 is 14.4 Å². The van der Waals surface area contributed by atoms with Gasteiger partial charge in [0.25, 0.3) is 5.91 Å². The predicted octanol–water partition coefficient (Wildman–Crippen LogP) is 1.90. The van der Waals surface area contributed by atoms with Gasteiger partial charge in [0, 0.05) is 18.4 Å². The van der Waals surface area contributed by atoms with Crippen LogP contribution in [0.4, 0.5) is 4.39 Å². The predicted molar refractivity (Wildman–Crippen MR) is 83.9 cm³/mol. The van der Waals surface area contributed by atoms with Crippen LogP contribution >= 0.6 is 0 Å². The van der Waals surface area contributed by atoms with Crippen LogP contribution in [0.25, 0.3) is 0 Å². The molecule has 1 saturated heterocycles. The number of morpholine rings is 1. The number of carbonyl (C=O) groups is 1. The third-order valence-corrected chi connectivity index (χ3v) is 3.71. The highest BCUT2D eigenvalue weighted by atomic mass is 19.1. The Labute approximate surface area is 139 Å². The maximum absolute atomic E-state index is 13.5. The van der Waals surface area contributed by atoms with Crippen molar-refractivity contribution in [1.29, 1.82) is 0 Å². The Kier molecular flexibility index (Phi) is 5.00. The van der Waals surface area contributed by atoms with E-state index in [2.05, 4.69) is 9.97 Å². The number of nitrogens with zero attached hydrogens (tertiary/aromatic N) is 3. The van der Waals surface area contributed by atoms with E-state index in [1.807, 2.05) is 6.92 Å². The highest BCUT2D eigenvalue weighted by Gasteiger charge is 2.27. The van der Waals surface area contributed by atoms with Crippen LogP contribution in [0, 0.1) is 12.7 Å². The molecule has 3 rings (SSSR count). The largest absolute Gasteiger partial charge is 0.481 e. The normalized spacial score (nSPS) is 17.6. The summed E-state index contributed by atoms with van der Waals surface area (Å²) in [5.41, 5.74) is 0.843. The molecular formula is C17H18FN3O3. The number of rotatable bonds is 4. The first kappa shape index (κ1) is 16.3. The molecule has 1 aromatic carbocycles. The highest BCUT2D eigenvalue weighted by Crippen LogP contribution is 2.20. The number of halogens is 1. The van der Waals surface area contributed by atoms with Crippen LogP contribution < -0.4 is 4.74 Å². The Balaban J connectivity index is 1.60. The van der Waals surface area contributed by atoms with Gasteiger partial charge in [-0.05, 0) is 25.1 Å². The van der Waals surface area contributed by atoms with Gasteiger partial charge in [-0.25, -0.2) is 14.4 Å². The fourth-order valence-corrected chi connectivity index (χ4v) is 2.45. The lowest BCUT2D eigenvalue weighted by Gasteiger charge is -2.32. The van der Waals surface area contributed by atoms with Crippen LogP contribution in [-0.4, -0.2) is 47.1 Å². The zero-order valence-electron chi connectivity index (χ0n) is 13.3. The molecule has 1 fully saturated rings. The standard InChI is InChI=1S/C17H18FN3O3/c1-12-6-7-19-17(20-12)15-10-21(8-9-23-15)16(22)11-24-14-5-3-2-4-13(14)18/h2-7,15H,8-11H2,1H3. The number of aryl methyl sites for hydroxylation is 1. The molecule has 1 aliphatic heterocycles. The van der Waals surface area contributed by atoms with Gasteiger partial charge in [0.2, 0.25) is 0 Å². The fraction of sp³-hybridized carbons (Fsp3) is 0.353. The fourth-order valence-electron chi connectivity index (χ4n) is 2.45. The summed E-state index contributed by atoms with van der Waals surface area (Å²) in [6.07, 6.45) is 1.30. The van der Waals surface area contributed by atoms with Crippen LogP contribution in [0.5, 0.6) is 5.75 Å². The van der Waals surface area contributed by atoms with Crippen LogP contribution in [0.15, 0.2) is 36.5 Å². The molecule has 126 valence electrons. The number of carbonyl (C=O) groups excluding carboxylic acids is 1. The van der Waals surface area contributed by atoms with Gasteiger partial charge >= 0.3 is 0 Å². The topological polar surface area (TPSA) is 64.6 Å². The van der Waals surface area contributed by atoms with E-state index in [9.17, 15) is 9.18 Å². The zero-order valence-corrected chi connectivity index (χ0v) is 13.3. The quantitative estimate of drug-likeness (QED) is 0.856. The second kappa shape index (κ2) is 7.35. The third-order valence-electron chi connectivity index (χ3n) is 3.71. The van der Waals surface area contributed by atoms with Gasteiger partial charge in [-0.1, -0.05) is 12.1 Å². The molecule has 2 aromatic rings. The molecule has 0 aliphatic carbocycles. The Morgan fingerprint density at radius 2 is 2.25 bits per heavy atom. The number of hydrogen-bond donors (Lipinski definition) is 0. The van der Waals surface area contributed by atoms with Crippen molar-refractivity contribution in [1.82, 2.24) is 14.9 Å². The Hall–Kier alpha value is -2.54. The van der Waals surface area contributed by atoms with Gasteiger partial charge in [0.05, 0.1) is 13.2 Å². The summed E-state index contributed by atoms with van der Waals surface area (Å²) in [5.74, 6) is -0.0854. The van der Waals surface area contributed by atoms with Crippen LogP contribution in [-0.2, 0) is 9.53 Å². The maximum atomic E-state index is 13.5. The van der Waals surface area contributed by atoms with Crippen LogP contribution in [0.2, 0.25) is 0 Å². The van der Waals surface area contributed by atoms with Crippen molar-refractivity contribution in [2.45, 2.75) is 13.0 Å². The first-order valence-corrected chi connectivity index (χ1v) is 7.70. The summed E-state index contributed by atoms with van der Waals surface area (Å²) < 4.78 is 24.5. The number of hydrogen-bond acceptors (Lipinski definition) is 5. The van der Waals surface area contributed by atoms with Gasteiger partial charge in [-0.2, -0.15) is 0 Å². The first-order valence-electron chi connectivity index (χ1n) is 7.70. The molecular weight excluding hydrogens is 313 g/mol. The molecule has 1 atom stereocenters. The van der Waals surface area contributed by atoms with E-state index in [4.69, 9.17) is 9.47 Å². The molecule has 2 heterocycles. The SMILES string of the molecule is Cc1ccnc(C2CN(C(=O)COc3ccccc3F)CCO2)n1. The lowest BCUT2D eigenvalue weighted by atomic mass is 10.2. The third kappa shape index (κ3) is 3.86. The first-order chi connectivity index (χ1) is 11.6. The summed E-state index contributed by atoms with van der Waals surface area (Å²) >= 11 is 0. The Morgan fingerprint density at radius 3 is 3.04 bits per heavy atom. The molecule has 0 radical (unpaired) electrons. The average Bonchev–Trinajstić information content (AvgIpc) is 2.61. The van der Waals surface area contributed by atoms with Gasteiger partial charge in [-0.3, -0.25) is 4.79 Å². The molecule has 1 amide bonds. The van der Waals surface area contributed by atoms with Crippen molar-refractivity contribution in [3.8, 4) is 5.75 Å². The minimum atomic E-state index is -0.488. The molecule has 0 spiro atoms. The van der Waals surface area contributed by atoms with Crippen molar-refractivity contribution in [2.24, 2.45) is 0 Å². The van der Waals surface area contributed by atoms with Crippen molar-refractivity contribution in [3.63, 3.8) is 0 Å². The molecule has 0 N–H and O–H groups in total. The van der Waals surface area contributed by atoms with Gasteiger partial charge in [0.15, 0.2) is 24.0 Å². The molecule has 0 bridgehead atoms.